The molecule has 10 rings (SSSR count). The molecule has 0 aliphatic rings. The van der Waals surface area contributed by atoms with E-state index >= 15 is 0 Å². The van der Waals surface area contributed by atoms with Gasteiger partial charge in [-0.05, 0) is 67.6 Å². The van der Waals surface area contributed by atoms with Gasteiger partial charge in [0, 0.05) is 27.5 Å². The number of aromatic nitrogens is 3. The van der Waals surface area contributed by atoms with Gasteiger partial charge in [-0.2, -0.15) is 0 Å². The van der Waals surface area contributed by atoms with Crippen molar-refractivity contribution in [1.82, 2.24) is 15.0 Å². The number of furan rings is 1. The molecule has 0 amide bonds. The van der Waals surface area contributed by atoms with E-state index in [2.05, 4.69) is 15.0 Å². The fraction of sp³-hybridized carbons (Fsp3) is 0. The lowest BCUT2D eigenvalue weighted by Crippen LogP contribution is -2.00. The molecule has 10 aromatic rings. The molecule has 0 aliphatic carbocycles. The Bertz CT molecular complexity index is 4130. The van der Waals surface area contributed by atoms with E-state index in [1.807, 2.05) is 0 Å². The maximum atomic E-state index is 9.82. The van der Waals surface area contributed by atoms with Gasteiger partial charge >= 0.3 is 0 Å². The SMILES string of the molecule is [2H]c1c(-c2nc(-c3ccccc3)nc(-c3c([2H])c([2H])c([2H])c4c([2H])c([2H])c([2H])c([2H])c34)n2)c([2H])c2c(oc3c([2H])c(-c4c([2H])c([2H])c([2H])c5c([2H])c([2H])c([2H])c([2H])c45)c4c([2H])c([2H])c([2H])c([2H])c4c32)c1[2H]. The van der Waals surface area contributed by atoms with Crippen LogP contribution in [0, 0.1) is 0 Å². The quantitative estimate of drug-likeness (QED) is 0.191. The topological polar surface area (TPSA) is 51.8 Å². The molecule has 0 unspecified atom stereocenters. The Morgan fingerprint density at radius 2 is 1.00 bits per heavy atom. The van der Waals surface area contributed by atoms with Gasteiger partial charge in [-0.1, -0.05) is 139 Å². The van der Waals surface area contributed by atoms with Crippen LogP contribution in [0.4, 0.5) is 0 Å². The molecule has 2 heterocycles. The predicted octanol–water partition coefficient (Wildman–Crippen LogP) is 11.9. The lowest BCUT2D eigenvalue weighted by molar-refractivity contribution is 0.669. The van der Waals surface area contributed by atoms with Crippen LogP contribution in [-0.2, 0) is 0 Å². The third kappa shape index (κ3) is 4.49. The number of nitrogens with zero attached hydrogens (tertiary/aromatic N) is 3. The Balaban J connectivity index is 1.39. The monoisotopic (exact) mass is 647 g/mol. The van der Waals surface area contributed by atoms with Crippen molar-refractivity contribution in [3.8, 4) is 45.3 Å². The average Bonchev–Trinajstić information content (AvgIpc) is 3.77. The fourth-order valence-corrected chi connectivity index (χ4v) is 5.70. The summed E-state index contributed by atoms with van der Waals surface area (Å²) in [5.41, 5.74) is -2.91. The molecule has 0 atom stereocenters. The minimum Gasteiger partial charge on any atom is -0.456 e. The molecule has 0 aliphatic heterocycles. The normalized spacial score (nSPS) is 18.0. The van der Waals surface area contributed by atoms with E-state index in [4.69, 9.17) is 26.3 Å². The van der Waals surface area contributed by atoms with E-state index in [9.17, 15) is 8.22 Å². The Hall–Kier alpha value is -6.65. The van der Waals surface area contributed by atoms with Gasteiger partial charge in [0.15, 0.2) is 17.5 Å². The summed E-state index contributed by atoms with van der Waals surface area (Å²) in [7, 11) is 0. The highest BCUT2D eigenvalue weighted by Crippen LogP contribution is 2.42. The van der Waals surface area contributed by atoms with E-state index in [0.717, 1.165) is 0 Å². The van der Waals surface area contributed by atoms with Gasteiger partial charge < -0.3 is 4.42 Å². The highest BCUT2D eigenvalue weighted by Gasteiger charge is 2.19. The van der Waals surface area contributed by atoms with Crippen LogP contribution in [0.2, 0.25) is 0 Å². The van der Waals surface area contributed by atoms with Crippen molar-refractivity contribution < 1.29 is 34.6 Å². The van der Waals surface area contributed by atoms with Crippen LogP contribution in [0.5, 0.6) is 0 Å². The van der Waals surface area contributed by atoms with Crippen LogP contribution in [0.25, 0.3) is 99.5 Å². The molecule has 49 heavy (non-hydrogen) atoms. The van der Waals surface area contributed by atoms with Crippen molar-refractivity contribution in [3.05, 3.63) is 163 Å². The second-order valence-corrected chi connectivity index (χ2v) is 10.7. The van der Waals surface area contributed by atoms with Gasteiger partial charge in [-0.3, -0.25) is 0 Å². The molecule has 0 spiro atoms. The average molecular weight is 648 g/mol. The van der Waals surface area contributed by atoms with E-state index < -0.39 is 210 Å². The zero-order valence-electron chi connectivity index (χ0n) is 46.6. The van der Waals surface area contributed by atoms with Gasteiger partial charge in [-0.25, -0.2) is 15.0 Å². The Morgan fingerprint density at radius 1 is 0.408 bits per heavy atom. The minimum atomic E-state index is -0.843. The zero-order valence-corrected chi connectivity index (χ0v) is 24.6. The molecule has 4 heteroatoms. The number of hydrogen-bond donors (Lipinski definition) is 0. The Labute approximate surface area is 312 Å². The van der Waals surface area contributed by atoms with Gasteiger partial charge in [-0.15, -0.1) is 0 Å². The summed E-state index contributed by atoms with van der Waals surface area (Å²) in [6, 6.07) is -8.68. The molecule has 0 saturated carbocycles. The minimum absolute atomic E-state index is 0.176. The summed E-state index contributed by atoms with van der Waals surface area (Å²) in [6.45, 7) is 0. The van der Waals surface area contributed by atoms with Crippen molar-refractivity contribution in [2.75, 3.05) is 0 Å². The molecule has 4 nitrogen and oxygen atoms in total. The Kier molecular flexibility index (Phi) is 3.01. The fourth-order valence-electron chi connectivity index (χ4n) is 5.70. The highest BCUT2D eigenvalue weighted by atomic mass is 16.3. The van der Waals surface area contributed by atoms with E-state index in [-0.39, 0.29) is 16.6 Å². The summed E-state index contributed by atoms with van der Waals surface area (Å²) in [6.07, 6.45) is 0. The summed E-state index contributed by atoms with van der Waals surface area (Å²) in [5.74, 6) is -1.20. The summed E-state index contributed by atoms with van der Waals surface area (Å²) >= 11 is 0. The van der Waals surface area contributed by atoms with E-state index in [1.165, 1.54) is 0 Å². The van der Waals surface area contributed by atoms with Crippen LogP contribution in [0.3, 0.4) is 0 Å². The third-order valence-electron chi connectivity index (χ3n) is 7.87. The molecule has 0 N–H and O–H groups in total. The molecule has 228 valence electrons. The van der Waals surface area contributed by atoms with Gasteiger partial charge in [0.2, 0.25) is 0 Å². The van der Waals surface area contributed by atoms with Gasteiger partial charge in [0.05, 0.1) is 30.2 Å². The number of fused-ring (bicyclic) bond motifs is 7. The first-order valence-corrected chi connectivity index (χ1v) is 14.7. The molecule has 0 saturated heterocycles. The second-order valence-electron chi connectivity index (χ2n) is 10.7. The summed E-state index contributed by atoms with van der Waals surface area (Å²) in [5, 5.41) is -3.57. The van der Waals surface area contributed by atoms with Gasteiger partial charge in [0.1, 0.15) is 11.2 Å². The van der Waals surface area contributed by atoms with Crippen LogP contribution in [-0.4, -0.2) is 15.0 Å². The van der Waals surface area contributed by atoms with E-state index in [1.54, 1.807) is 30.3 Å². The lowest BCUT2D eigenvalue weighted by Gasteiger charge is -2.11. The molecule has 0 fully saturated rings. The van der Waals surface area contributed by atoms with E-state index in [0.29, 0.717) is 5.56 Å². The molecule has 0 bridgehead atoms. The molecular formula is C45H27N3O. The van der Waals surface area contributed by atoms with Crippen molar-refractivity contribution in [2.24, 2.45) is 0 Å². The maximum Gasteiger partial charge on any atom is 0.164 e. The number of benzene rings is 8. The van der Waals surface area contributed by atoms with Crippen molar-refractivity contribution in [2.45, 2.75) is 0 Å². The first kappa shape index (κ1) is 13.5. The van der Waals surface area contributed by atoms with Crippen LogP contribution in [0.1, 0.15) is 30.2 Å². The summed E-state index contributed by atoms with van der Waals surface area (Å²) in [4.78, 5) is 13.7. The van der Waals surface area contributed by atoms with Crippen LogP contribution in [0.15, 0.2) is 168 Å². The third-order valence-corrected chi connectivity index (χ3v) is 7.87. The number of rotatable bonds is 4. The smallest absolute Gasteiger partial charge is 0.164 e. The van der Waals surface area contributed by atoms with Gasteiger partial charge in [0.25, 0.3) is 0 Å². The molecular weight excluding hydrogens is 599 g/mol. The van der Waals surface area contributed by atoms with Crippen molar-refractivity contribution in [1.29, 1.82) is 0 Å². The standard InChI is InChI=1S/C45H27N3O/c1-2-14-30(15-3-1)43-46-44(48-45(47-43)37-23-11-17-29-13-5-7-19-33(29)37)31-24-25-40-39(26-31)42-36-21-9-8-20-35(36)38(27-41(42)49-40)34-22-10-16-28-12-4-6-18-32(28)34/h1-27H/i4D,5D,6D,7D,8D,9D,10D,11D,12D,13D,16D,17D,18D,19D,20D,21D,22D,23D,24D,25D,26D,27D. The Morgan fingerprint density at radius 3 is 1.76 bits per heavy atom. The molecule has 0 radical (unpaired) electrons. The lowest BCUT2D eigenvalue weighted by atomic mass is 9.92. The van der Waals surface area contributed by atoms with Crippen LogP contribution < -0.4 is 0 Å². The maximum absolute atomic E-state index is 9.82. The predicted molar refractivity (Wildman–Crippen MR) is 201 cm³/mol. The van der Waals surface area contributed by atoms with Crippen LogP contribution >= 0.6 is 0 Å². The highest BCUT2D eigenvalue weighted by molar-refractivity contribution is 6.23. The largest absolute Gasteiger partial charge is 0.456 e. The summed E-state index contributed by atoms with van der Waals surface area (Å²) < 4.78 is 202. The first-order chi connectivity index (χ1) is 33.5. The first-order valence-electron chi connectivity index (χ1n) is 25.7. The zero-order chi connectivity index (χ0) is 51.5. The molecule has 2 aromatic heterocycles. The number of hydrogen-bond acceptors (Lipinski definition) is 4. The molecule has 8 aromatic carbocycles. The van der Waals surface area contributed by atoms with Crippen molar-refractivity contribution in [3.63, 3.8) is 0 Å². The second kappa shape index (κ2) is 11.0. The van der Waals surface area contributed by atoms with Crippen molar-refractivity contribution >= 4 is 54.3 Å².